The molecule has 0 aliphatic heterocycles. The van der Waals surface area contributed by atoms with Crippen molar-refractivity contribution in [3.8, 4) is 12.3 Å². The van der Waals surface area contributed by atoms with Crippen LogP contribution in [0.2, 0.25) is 0 Å². The van der Waals surface area contributed by atoms with Crippen LogP contribution < -0.4 is 0 Å². The van der Waals surface area contributed by atoms with Gasteiger partial charge in [-0.15, -0.1) is 6.42 Å². The van der Waals surface area contributed by atoms with Crippen molar-refractivity contribution < 1.29 is 4.79 Å². The fraction of sp³-hybridized carbons (Fsp3) is 0.400. The Morgan fingerprint density at radius 3 is 2.89 bits per heavy atom. The molecule has 0 unspecified atom stereocenters. The van der Waals surface area contributed by atoms with Gasteiger partial charge in [0.2, 0.25) is 0 Å². The Bertz CT molecular complexity index is 500. The highest BCUT2D eigenvalue weighted by molar-refractivity contribution is 14.1. The number of carbonyl (C=O) groups is 1. The van der Waals surface area contributed by atoms with Crippen molar-refractivity contribution in [3.63, 3.8) is 0 Å². The quantitative estimate of drug-likeness (QED) is 0.602. The topological polar surface area (TPSA) is 20.3 Å². The molecule has 1 aromatic carbocycles. The molecule has 0 heterocycles. The van der Waals surface area contributed by atoms with Crippen LogP contribution in [0.4, 0.5) is 0 Å². The number of aryl methyl sites for hydroxylation is 1. The zero-order chi connectivity index (χ0) is 13.1. The van der Waals surface area contributed by atoms with Crippen LogP contribution in [0.1, 0.15) is 28.8 Å². The molecule has 1 fully saturated rings. The summed E-state index contributed by atoms with van der Waals surface area (Å²) < 4.78 is 1.03. The van der Waals surface area contributed by atoms with E-state index in [-0.39, 0.29) is 5.91 Å². The Hall–Kier alpha value is -1.02. The van der Waals surface area contributed by atoms with Crippen LogP contribution in [0.5, 0.6) is 0 Å². The van der Waals surface area contributed by atoms with E-state index in [2.05, 4.69) is 28.5 Å². The second-order valence-electron chi connectivity index (χ2n) is 4.77. The average Bonchev–Trinajstić information content (AvgIpc) is 3.15. The molecule has 2 rings (SSSR count). The summed E-state index contributed by atoms with van der Waals surface area (Å²) in [6.07, 6.45) is 7.81. The molecule has 1 aliphatic rings. The van der Waals surface area contributed by atoms with Gasteiger partial charge in [-0.1, -0.05) is 18.1 Å². The maximum atomic E-state index is 12.5. The van der Waals surface area contributed by atoms with Gasteiger partial charge < -0.3 is 4.90 Å². The van der Waals surface area contributed by atoms with Crippen LogP contribution >= 0.6 is 22.6 Å². The Morgan fingerprint density at radius 2 is 2.28 bits per heavy atom. The summed E-state index contributed by atoms with van der Waals surface area (Å²) in [6, 6.07) is 5.83. The van der Waals surface area contributed by atoms with Crippen LogP contribution in [0.3, 0.4) is 0 Å². The largest absolute Gasteiger partial charge is 0.327 e. The van der Waals surface area contributed by atoms with Crippen LogP contribution in [0.25, 0.3) is 0 Å². The highest BCUT2D eigenvalue weighted by Crippen LogP contribution is 2.30. The molecule has 0 aromatic heterocycles. The maximum absolute atomic E-state index is 12.5. The van der Waals surface area contributed by atoms with Crippen LogP contribution in [0, 0.1) is 28.8 Å². The van der Waals surface area contributed by atoms with Gasteiger partial charge in [0.1, 0.15) is 0 Å². The number of amides is 1. The Kier molecular flexibility index (Phi) is 4.28. The molecule has 1 saturated carbocycles. The van der Waals surface area contributed by atoms with E-state index < -0.39 is 0 Å². The third-order valence-corrected chi connectivity index (χ3v) is 4.60. The Labute approximate surface area is 122 Å². The molecule has 0 saturated heterocycles. The van der Waals surface area contributed by atoms with E-state index >= 15 is 0 Å². The molecule has 0 N–H and O–H groups in total. The fourth-order valence-electron chi connectivity index (χ4n) is 1.92. The van der Waals surface area contributed by atoms with E-state index in [1.54, 1.807) is 4.90 Å². The number of terminal acetylenes is 1. The number of carbonyl (C=O) groups excluding carboxylic acids is 1. The van der Waals surface area contributed by atoms with Crippen molar-refractivity contribution in [3.05, 3.63) is 32.9 Å². The molecule has 1 aliphatic carbocycles. The first-order valence-electron chi connectivity index (χ1n) is 6.11. The third kappa shape index (κ3) is 3.05. The first-order chi connectivity index (χ1) is 8.63. The smallest absolute Gasteiger partial charge is 0.255 e. The number of nitrogens with zero attached hydrogens (tertiary/aromatic N) is 1. The molecule has 0 bridgehead atoms. The van der Waals surface area contributed by atoms with Crippen LogP contribution in [-0.4, -0.2) is 23.9 Å². The summed E-state index contributed by atoms with van der Waals surface area (Å²) >= 11 is 2.23. The molecular formula is C15H16INO. The summed E-state index contributed by atoms with van der Waals surface area (Å²) in [5.41, 5.74) is 1.90. The first kappa shape index (κ1) is 13.4. The molecule has 0 spiro atoms. The minimum Gasteiger partial charge on any atom is -0.327 e. The van der Waals surface area contributed by atoms with E-state index in [1.165, 1.54) is 12.8 Å². The van der Waals surface area contributed by atoms with Gasteiger partial charge in [0.05, 0.1) is 12.1 Å². The predicted octanol–water partition coefficient (Wildman–Crippen LogP) is 3.09. The molecule has 1 amide bonds. The zero-order valence-electron chi connectivity index (χ0n) is 10.4. The normalized spacial score (nSPS) is 14.1. The molecular weight excluding hydrogens is 337 g/mol. The molecule has 0 radical (unpaired) electrons. The van der Waals surface area contributed by atoms with Gasteiger partial charge in [-0.2, -0.15) is 0 Å². The lowest BCUT2D eigenvalue weighted by Gasteiger charge is -2.21. The molecule has 2 nitrogen and oxygen atoms in total. The lowest BCUT2D eigenvalue weighted by atomic mass is 10.1. The Balaban J connectivity index is 2.21. The second-order valence-corrected chi connectivity index (χ2v) is 5.85. The van der Waals surface area contributed by atoms with Gasteiger partial charge in [-0.3, -0.25) is 4.79 Å². The van der Waals surface area contributed by atoms with E-state index in [0.717, 1.165) is 21.2 Å². The number of hydrogen-bond donors (Lipinski definition) is 0. The van der Waals surface area contributed by atoms with Gasteiger partial charge in [-0.05, 0) is 59.9 Å². The van der Waals surface area contributed by atoms with E-state index in [1.807, 2.05) is 25.1 Å². The number of hydrogen-bond acceptors (Lipinski definition) is 1. The number of halogens is 1. The monoisotopic (exact) mass is 353 g/mol. The first-order valence-corrected chi connectivity index (χ1v) is 7.19. The van der Waals surface area contributed by atoms with Crippen LogP contribution in [0.15, 0.2) is 18.2 Å². The van der Waals surface area contributed by atoms with Gasteiger partial charge in [0.25, 0.3) is 5.91 Å². The summed E-state index contributed by atoms with van der Waals surface area (Å²) in [5, 5.41) is 0. The standard InChI is InChI=1S/C15H16INO/c1-3-9-17(10-12-7-8-12)15(18)13-6-4-5-11(2)14(13)16/h1,4-6,12H,7-10H2,2H3. The molecule has 18 heavy (non-hydrogen) atoms. The SMILES string of the molecule is C#CCN(CC1CC1)C(=O)c1cccc(C)c1I. The van der Waals surface area contributed by atoms with Gasteiger partial charge in [0, 0.05) is 10.1 Å². The summed E-state index contributed by atoms with van der Waals surface area (Å²) in [5.74, 6) is 3.31. The third-order valence-electron chi connectivity index (χ3n) is 3.17. The van der Waals surface area contributed by atoms with Crippen LogP contribution in [-0.2, 0) is 0 Å². The zero-order valence-corrected chi connectivity index (χ0v) is 12.6. The van der Waals surface area contributed by atoms with Crippen molar-refractivity contribution in [2.24, 2.45) is 5.92 Å². The van der Waals surface area contributed by atoms with E-state index in [4.69, 9.17) is 6.42 Å². The second kappa shape index (κ2) is 5.75. The molecule has 94 valence electrons. The molecule has 1 aromatic rings. The van der Waals surface area contributed by atoms with Crippen molar-refractivity contribution >= 4 is 28.5 Å². The van der Waals surface area contributed by atoms with Crippen molar-refractivity contribution in [1.29, 1.82) is 0 Å². The fourth-order valence-corrected chi connectivity index (χ4v) is 2.51. The number of benzene rings is 1. The predicted molar refractivity (Wildman–Crippen MR) is 81.4 cm³/mol. The lowest BCUT2D eigenvalue weighted by Crippen LogP contribution is -2.33. The maximum Gasteiger partial charge on any atom is 0.255 e. The minimum atomic E-state index is 0.0629. The van der Waals surface area contributed by atoms with E-state index in [9.17, 15) is 4.79 Å². The molecule has 0 atom stereocenters. The summed E-state index contributed by atoms with van der Waals surface area (Å²) in [4.78, 5) is 14.3. The highest BCUT2D eigenvalue weighted by Gasteiger charge is 2.27. The van der Waals surface area contributed by atoms with Crippen molar-refractivity contribution in [2.75, 3.05) is 13.1 Å². The number of rotatable bonds is 4. The van der Waals surface area contributed by atoms with Crippen molar-refractivity contribution in [2.45, 2.75) is 19.8 Å². The Morgan fingerprint density at radius 1 is 1.56 bits per heavy atom. The minimum absolute atomic E-state index is 0.0629. The van der Waals surface area contributed by atoms with Gasteiger partial charge in [0.15, 0.2) is 0 Å². The van der Waals surface area contributed by atoms with Crippen molar-refractivity contribution in [1.82, 2.24) is 4.90 Å². The summed E-state index contributed by atoms with van der Waals surface area (Å²) in [7, 11) is 0. The van der Waals surface area contributed by atoms with Gasteiger partial charge >= 0.3 is 0 Å². The van der Waals surface area contributed by atoms with Gasteiger partial charge in [-0.25, -0.2) is 0 Å². The highest BCUT2D eigenvalue weighted by atomic mass is 127. The average molecular weight is 353 g/mol. The lowest BCUT2D eigenvalue weighted by molar-refractivity contribution is 0.0768. The molecule has 3 heteroatoms. The van der Waals surface area contributed by atoms with E-state index in [0.29, 0.717) is 12.5 Å². The summed E-state index contributed by atoms with van der Waals surface area (Å²) in [6.45, 7) is 3.22.